The molecule has 1 unspecified atom stereocenters. The molecule has 0 saturated carbocycles. The quantitative estimate of drug-likeness (QED) is 0.699. The second-order valence-electron chi connectivity index (χ2n) is 4.98. The minimum absolute atomic E-state index is 0.539. The molecule has 1 aromatic heterocycles. The number of hydrogen-bond donors (Lipinski definition) is 3. The van der Waals surface area contributed by atoms with E-state index in [-0.39, 0.29) is 0 Å². The standard InChI is InChI=1S/C12H21N5/c1-2-10(14-5-1)3-6-15-12-4-7-16-17(12)11-8-13-9-11/h4,7,10-11,13-15H,1-3,5-6,8-9H2. The van der Waals surface area contributed by atoms with Crippen molar-refractivity contribution in [1.82, 2.24) is 20.4 Å². The van der Waals surface area contributed by atoms with Gasteiger partial charge in [-0.3, -0.25) is 0 Å². The molecule has 94 valence electrons. The zero-order valence-electron chi connectivity index (χ0n) is 10.2. The monoisotopic (exact) mass is 235 g/mol. The first kappa shape index (κ1) is 11.0. The highest BCUT2D eigenvalue weighted by Crippen LogP contribution is 2.17. The second kappa shape index (κ2) is 5.06. The van der Waals surface area contributed by atoms with Crippen LogP contribution in [0.3, 0.4) is 0 Å². The first-order valence-electron chi connectivity index (χ1n) is 6.65. The Morgan fingerprint density at radius 2 is 2.41 bits per heavy atom. The highest BCUT2D eigenvalue weighted by molar-refractivity contribution is 5.34. The summed E-state index contributed by atoms with van der Waals surface area (Å²) in [6.45, 7) is 4.31. The fourth-order valence-corrected chi connectivity index (χ4v) is 2.57. The predicted octanol–water partition coefficient (Wildman–Crippen LogP) is 0.581. The van der Waals surface area contributed by atoms with Crippen LogP contribution in [0.25, 0.3) is 0 Å². The number of anilines is 1. The van der Waals surface area contributed by atoms with Gasteiger partial charge >= 0.3 is 0 Å². The Labute approximate surface area is 102 Å². The van der Waals surface area contributed by atoms with Crippen molar-refractivity contribution in [1.29, 1.82) is 0 Å². The zero-order chi connectivity index (χ0) is 11.5. The van der Waals surface area contributed by atoms with Gasteiger partial charge in [-0.05, 0) is 25.8 Å². The summed E-state index contributed by atoms with van der Waals surface area (Å²) >= 11 is 0. The molecule has 2 aliphatic rings. The Bertz CT molecular complexity index is 352. The van der Waals surface area contributed by atoms with Gasteiger partial charge in [0, 0.05) is 31.7 Å². The van der Waals surface area contributed by atoms with E-state index in [1.807, 2.05) is 6.20 Å². The van der Waals surface area contributed by atoms with E-state index in [1.165, 1.54) is 25.8 Å². The van der Waals surface area contributed by atoms with E-state index < -0.39 is 0 Å². The molecule has 0 radical (unpaired) electrons. The lowest BCUT2D eigenvalue weighted by molar-refractivity contribution is 0.321. The third-order valence-electron chi connectivity index (χ3n) is 3.74. The number of rotatable bonds is 5. The van der Waals surface area contributed by atoms with Crippen LogP contribution >= 0.6 is 0 Å². The summed E-state index contributed by atoms with van der Waals surface area (Å²) in [5.41, 5.74) is 0. The van der Waals surface area contributed by atoms with E-state index in [0.717, 1.165) is 25.5 Å². The van der Waals surface area contributed by atoms with E-state index >= 15 is 0 Å². The Hall–Kier alpha value is -1.07. The maximum absolute atomic E-state index is 4.39. The molecule has 0 spiro atoms. The average molecular weight is 235 g/mol. The van der Waals surface area contributed by atoms with E-state index in [2.05, 4.69) is 31.8 Å². The van der Waals surface area contributed by atoms with Gasteiger partial charge in [0.15, 0.2) is 0 Å². The van der Waals surface area contributed by atoms with Crippen LogP contribution < -0.4 is 16.0 Å². The molecular weight excluding hydrogens is 214 g/mol. The first-order valence-corrected chi connectivity index (χ1v) is 6.65. The summed E-state index contributed by atoms with van der Waals surface area (Å²) < 4.78 is 2.11. The summed E-state index contributed by atoms with van der Waals surface area (Å²) in [4.78, 5) is 0. The Morgan fingerprint density at radius 1 is 1.47 bits per heavy atom. The molecule has 2 aliphatic heterocycles. The molecule has 5 nitrogen and oxygen atoms in total. The molecule has 17 heavy (non-hydrogen) atoms. The Morgan fingerprint density at radius 3 is 3.12 bits per heavy atom. The summed E-state index contributed by atoms with van der Waals surface area (Å²) in [6.07, 6.45) is 5.74. The summed E-state index contributed by atoms with van der Waals surface area (Å²) in [5.74, 6) is 1.16. The molecule has 1 aromatic rings. The van der Waals surface area contributed by atoms with E-state index in [4.69, 9.17) is 0 Å². The lowest BCUT2D eigenvalue weighted by atomic mass is 10.1. The predicted molar refractivity (Wildman–Crippen MR) is 68.3 cm³/mol. The molecule has 0 aliphatic carbocycles. The molecule has 5 heteroatoms. The lowest BCUT2D eigenvalue weighted by Crippen LogP contribution is -2.44. The van der Waals surface area contributed by atoms with Gasteiger partial charge in [0.1, 0.15) is 5.82 Å². The highest BCUT2D eigenvalue weighted by Gasteiger charge is 2.21. The van der Waals surface area contributed by atoms with E-state index in [9.17, 15) is 0 Å². The van der Waals surface area contributed by atoms with Gasteiger partial charge in [0.25, 0.3) is 0 Å². The molecule has 1 atom stereocenters. The third-order valence-corrected chi connectivity index (χ3v) is 3.74. The number of nitrogens with zero attached hydrogens (tertiary/aromatic N) is 2. The summed E-state index contributed by atoms with van der Waals surface area (Å²) in [7, 11) is 0. The van der Waals surface area contributed by atoms with Crippen LogP contribution in [0.2, 0.25) is 0 Å². The van der Waals surface area contributed by atoms with Crippen molar-refractivity contribution >= 4 is 5.82 Å². The van der Waals surface area contributed by atoms with E-state index in [1.54, 1.807) is 0 Å². The van der Waals surface area contributed by atoms with Crippen molar-refractivity contribution in [3.8, 4) is 0 Å². The largest absolute Gasteiger partial charge is 0.370 e. The van der Waals surface area contributed by atoms with Crippen molar-refractivity contribution in [3.63, 3.8) is 0 Å². The first-order chi connectivity index (χ1) is 8.43. The zero-order valence-corrected chi connectivity index (χ0v) is 10.2. The third kappa shape index (κ3) is 2.45. The van der Waals surface area contributed by atoms with Crippen molar-refractivity contribution in [2.24, 2.45) is 0 Å². The Kier molecular flexibility index (Phi) is 3.29. The maximum atomic E-state index is 4.39. The van der Waals surface area contributed by atoms with E-state index in [0.29, 0.717) is 12.1 Å². The van der Waals surface area contributed by atoms with Gasteiger partial charge in [-0.2, -0.15) is 5.10 Å². The topological polar surface area (TPSA) is 53.9 Å². The normalized spacial score (nSPS) is 24.8. The van der Waals surface area contributed by atoms with Crippen molar-refractivity contribution in [2.45, 2.75) is 31.3 Å². The Balaban J connectivity index is 1.48. The smallest absolute Gasteiger partial charge is 0.124 e. The van der Waals surface area contributed by atoms with Crippen LogP contribution in [0.4, 0.5) is 5.82 Å². The van der Waals surface area contributed by atoms with Gasteiger partial charge in [-0.1, -0.05) is 0 Å². The van der Waals surface area contributed by atoms with Crippen LogP contribution in [0, 0.1) is 0 Å². The summed E-state index contributed by atoms with van der Waals surface area (Å²) in [5, 5.41) is 14.7. The SMILES string of the molecule is c1cc(NCCC2CCCN2)n(C2CNC2)n1. The fraction of sp³-hybridized carbons (Fsp3) is 0.750. The molecule has 0 amide bonds. The van der Waals surface area contributed by atoms with Gasteiger partial charge < -0.3 is 16.0 Å². The van der Waals surface area contributed by atoms with Crippen LogP contribution in [-0.2, 0) is 0 Å². The van der Waals surface area contributed by atoms with Crippen LogP contribution in [0.5, 0.6) is 0 Å². The van der Waals surface area contributed by atoms with Crippen molar-refractivity contribution < 1.29 is 0 Å². The van der Waals surface area contributed by atoms with Gasteiger partial charge in [-0.25, -0.2) is 4.68 Å². The molecule has 2 saturated heterocycles. The van der Waals surface area contributed by atoms with Crippen LogP contribution in [-0.4, -0.2) is 42.0 Å². The van der Waals surface area contributed by atoms with Gasteiger partial charge in [0.2, 0.25) is 0 Å². The molecular formula is C12H21N5. The molecule has 2 fully saturated rings. The molecule has 3 N–H and O–H groups in total. The molecule has 3 heterocycles. The van der Waals surface area contributed by atoms with Crippen LogP contribution in [0.15, 0.2) is 12.3 Å². The molecule has 0 aromatic carbocycles. The average Bonchev–Trinajstić information content (AvgIpc) is 2.88. The summed E-state index contributed by atoms with van der Waals surface area (Å²) in [6, 6.07) is 3.32. The highest BCUT2D eigenvalue weighted by atomic mass is 15.4. The second-order valence-corrected chi connectivity index (χ2v) is 4.98. The molecule has 0 bridgehead atoms. The van der Waals surface area contributed by atoms with Gasteiger partial charge in [-0.15, -0.1) is 0 Å². The van der Waals surface area contributed by atoms with Crippen LogP contribution in [0.1, 0.15) is 25.3 Å². The fourth-order valence-electron chi connectivity index (χ4n) is 2.57. The number of hydrogen-bond acceptors (Lipinski definition) is 4. The van der Waals surface area contributed by atoms with Gasteiger partial charge in [0.05, 0.1) is 12.2 Å². The number of nitrogens with one attached hydrogen (secondary N) is 3. The van der Waals surface area contributed by atoms with Crippen molar-refractivity contribution in [3.05, 3.63) is 12.3 Å². The lowest BCUT2D eigenvalue weighted by Gasteiger charge is -2.29. The number of aromatic nitrogens is 2. The minimum atomic E-state index is 0.539. The molecule has 3 rings (SSSR count). The van der Waals surface area contributed by atoms with Crippen molar-refractivity contribution in [2.75, 3.05) is 31.5 Å². The minimum Gasteiger partial charge on any atom is -0.370 e. The maximum Gasteiger partial charge on any atom is 0.124 e.